The van der Waals surface area contributed by atoms with Crippen LogP contribution in [-0.4, -0.2) is 25.0 Å². The minimum absolute atomic E-state index is 0.143. The van der Waals surface area contributed by atoms with E-state index < -0.39 is 5.97 Å². The summed E-state index contributed by atoms with van der Waals surface area (Å²) in [5.74, 6) is 0.0202. The Morgan fingerprint density at radius 3 is 2.50 bits per heavy atom. The molecule has 0 bridgehead atoms. The van der Waals surface area contributed by atoms with Crippen molar-refractivity contribution in [1.82, 2.24) is 5.32 Å². The van der Waals surface area contributed by atoms with Crippen molar-refractivity contribution in [2.45, 2.75) is 40.0 Å². The van der Waals surface area contributed by atoms with Crippen LogP contribution in [0.2, 0.25) is 0 Å². The molecule has 0 aromatic carbocycles. The fraction of sp³-hybridized carbons (Fsp3) is 0.833. The number of ether oxygens (including phenoxy) is 1. The zero-order valence-corrected chi connectivity index (χ0v) is 10.3. The van der Waals surface area contributed by atoms with Crippen LogP contribution in [0.15, 0.2) is 0 Å². The van der Waals surface area contributed by atoms with Gasteiger partial charge < -0.3 is 10.1 Å². The first kappa shape index (κ1) is 13.0. The smallest absolute Gasteiger partial charge is 0.315 e. The number of amides is 1. The van der Waals surface area contributed by atoms with E-state index in [-0.39, 0.29) is 17.7 Å². The fourth-order valence-electron chi connectivity index (χ4n) is 1.74. The van der Waals surface area contributed by atoms with E-state index in [9.17, 15) is 9.59 Å². The summed E-state index contributed by atoms with van der Waals surface area (Å²) in [6.07, 6.45) is 2.33. The molecule has 0 aromatic heterocycles. The van der Waals surface area contributed by atoms with Crippen molar-refractivity contribution in [3.8, 4) is 0 Å². The van der Waals surface area contributed by atoms with Crippen LogP contribution < -0.4 is 5.32 Å². The molecule has 1 amide bonds. The zero-order valence-electron chi connectivity index (χ0n) is 10.3. The summed E-state index contributed by atoms with van der Waals surface area (Å²) in [5, 5.41) is 2.79. The largest absolute Gasteiger partial charge is 0.466 e. The van der Waals surface area contributed by atoms with Crippen molar-refractivity contribution < 1.29 is 14.3 Å². The van der Waals surface area contributed by atoms with Crippen LogP contribution in [0.4, 0.5) is 0 Å². The molecule has 92 valence electrons. The van der Waals surface area contributed by atoms with Gasteiger partial charge in [0.1, 0.15) is 6.42 Å². The Balaban J connectivity index is 2.21. The summed E-state index contributed by atoms with van der Waals surface area (Å²) in [4.78, 5) is 22.4. The van der Waals surface area contributed by atoms with E-state index in [1.165, 1.54) is 12.8 Å². The lowest BCUT2D eigenvalue weighted by Crippen LogP contribution is -2.36. The van der Waals surface area contributed by atoms with Gasteiger partial charge in [0.15, 0.2) is 0 Å². The first-order valence-corrected chi connectivity index (χ1v) is 5.88. The second kappa shape index (κ2) is 5.32. The van der Waals surface area contributed by atoms with Gasteiger partial charge in [0.05, 0.1) is 6.61 Å². The molecule has 16 heavy (non-hydrogen) atoms. The number of hydrogen-bond donors (Lipinski definition) is 1. The fourth-order valence-corrected chi connectivity index (χ4v) is 1.74. The Kier molecular flexibility index (Phi) is 4.33. The SMILES string of the molecule is CCOC(=O)CC(=O)NCC(C)(C)C1CC1. The van der Waals surface area contributed by atoms with Gasteiger partial charge in [-0.15, -0.1) is 0 Å². The van der Waals surface area contributed by atoms with Crippen LogP contribution in [0, 0.1) is 11.3 Å². The van der Waals surface area contributed by atoms with Crippen LogP contribution in [-0.2, 0) is 14.3 Å². The highest BCUT2D eigenvalue weighted by atomic mass is 16.5. The van der Waals surface area contributed by atoms with Gasteiger partial charge in [-0.25, -0.2) is 0 Å². The molecule has 0 atom stereocenters. The first-order valence-electron chi connectivity index (χ1n) is 5.88. The molecule has 0 spiro atoms. The maximum absolute atomic E-state index is 11.4. The van der Waals surface area contributed by atoms with Gasteiger partial charge in [-0.2, -0.15) is 0 Å². The Hall–Kier alpha value is -1.06. The molecule has 0 aliphatic heterocycles. The molecule has 1 fully saturated rings. The zero-order chi connectivity index (χ0) is 12.2. The lowest BCUT2D eigenvalue weighted by molar-refractivity contribution is -0.146. The maximum Gasteiger partial charge on any atom is 0.315 e. The quantitative estimate of drug-likeness (QED) is 0.552. The number of carbonyl (C=O) groups excluding carboxylic acids is 2. The highest BCUT2D eigenvalue weighted by Crippen LogP contribution is 2.44. The molecular weight excluding hydrogens is 206 g/mol. The van der Waals surface area contributed by atoms with Gasteiger partial charge in [0, 0.05) is 6.54 Å². The van der Waals surface area contributed by atoms with Crippen molar-refractivity contribution in [1.29, 1.82) is 0 Å². The van der Waals surface area contributed by atoms with Crippen LogP contribution in [0.5, 0.6) is 0 Å². The second-order valence-electron chi connectivity index (χ2n) is 5.02. The number of carbonyl (C=O) groups is 2. The van der Waals surface area contributed by atoms with Crippen molar-refractivity contribution in [2.24, 2.45) is 11.3 Å². The molecule has 0 saturated heterocycles. The molecular formula is C12H21NO3. The van der Waals surface area contributed by atoms with Crippen LogP contribution in [0.1, 0.15) is 40.0 Å². The topological polar surface area (TPSA) is 55.4 Å². The summed E-state index contributed by atoms with van der Waals surface area (Å²) < 4.78 is 4.70. The highest BCUT2D eigenvalue weighted by molar-refractivity contribution is 5.94. The molecule has 1 N–H and O–H groups in total. The second-order valence-corrected chi connectivity index (χ2v) is 5.02. The average molecular weight is 227 g/mol. The van der Waals surface area contributed by atoms with E-state index in [0.717, 1.165) is 5.92 Å². The monoisotopic (exact) mass is 227 g/mol. The Morgan fingerprint density at radius 2 is 2.00 bits per heavy atom. The van der Waals surface area contributed by atoms with Gasteiger partial charge in [-0.05, 0) is 31.1 Å². The van der Waals surface area contributed by atoms with Crippen LogP contribution in [0.25, 0.3) is 0 Å². The molecule has 4 heteroatoms. The lowest BCUT2D eigenvalue weighted by Gasteiger charge is -2.24. The van der Waals surface area contributed by atoms with Gasteiger partial charge in [-0.1, -0.05) is 13.8 Å². The molecule has 1 saturated carbocycles. The van der Waals surface area contributed by atoms with Crippen molar-refractivity contribution in [3.05, 3.63) is 0 Å². The molecule has 0 unspecified atom stereocenters. The van der Waals surface area contributed by atoms with Gasteiger partial charge in [0.2, 0.25) is 5.91 Å². The molecule has 1 rings (SSSR count). The molecule has 0 radical (unpaired) electrons. The normalized spacial score (nSPS) is 15.7. The van der Waals surface area contributed by atoms with E-state index in [2.05, 4.69) is 19.2 Å². The summed E-state index contributed by atoms with van der Waals surface area (Å²) in [7, 11) is 0. The number of esters is 1. The molecule has 1 aliphatic rings. The predicted octanol–water partition coefficient (Wildman–Crippen LogP) is 1.49. The van der Waals surface area contributed by atoms with Crippen molar-refractivity contribution in [2.75, 3.05) is 13.2 Å². The summed E-state index contributed by atoms with van der Waals surface area (Å²) in [6.45, 7) is 6.98. The van der Waals surface area contributed by atoms with Crippen molar-refractivity contribution >= 4 is 11.9 Å². The van der Waals surface area contributed by atoms with E-state index >= 15 is 0 Å². The standard InChI is InChI=1S/C12H21NO3/c1-4-16-11(15)7-10(14)13-8-12(2,3)9-5-6-9/h9H,4-8H2,1-3H3,(H,13,14). The maximum atomic E-state index is 11.4. The summed E-state index contributed by atoms with van der Waals surface area (Å²) in [5.41, 5.74) is 0.143. The van der Waals surface area contributed by atoms with Gasteiger partial charge in [0.25, 0.3) is 0 Å². The van der Waals surface area contributed by atoms with E-state index in [1.807, 2.05) is 0 Å². The molecule has 0 aromatic rings. The van der Waals surface area contributed by atoms with Crippen LogP contribution in [0.3, 0.4) is 0 Å². The van der Waals surface area contributed by atoms with Gasteiger partial charge in [-0.3, -0.25) is 9.59 Å². The minimum atomic E-state index is -0.454. The number of nitrogens with one attached hydrogen (secondary N) is 1. The third-order valence-corrected chi connectivity index (χ3v) is 3.03. The molecule has 4 nitrogen and oxygen atoms in total. The Bertz CT molecular complexity index is 269. The Labute approximate surface area is 96.7 Å². The third kappa shape index (κ3) is 4.21. The van der Waals surface area contributed by atoms with Crippen molar-refractivity contribution in [3.63, 3.8) is 0 Å². The van der Waals surface area contributed by atoms with E-state index in [1.54, 1.807) is 6.92 Å². The number of rotatable bonds is 6. The first-order chi connectivity index (χ1) is 7.45. The van der Waals surface area contributed by atoms with E-state index in [0.29, 0.717) is 13.2 Å². The highest BCUT2D eigenvalue weighted by Gasteiger charge is 2.37. The predicted molar refractivity (Wildman–Crippen MR) is 60.8 cm³/mol. The minimum Gasteiger partial charge on any atom is -0.466 e. The lowest BCUT2D eigenvalue weighted by atomic mass is 9.87. The molecule has 1 aliphatic carbocycles. The van der Waals surface area contributed by atoms with E-state index in [4.69, 9.17) is 4.74 Å². The number of hydrogen-bond acceptors (Lipinski definition) is 3. The molecule has 0 heterocycles. The van der Waals surface area contributed by atoms with Gasteiger partial charge >= 0.3 is 5.97 Å². The Morgan fingerprint density at radius 1 is 1.38 bits per heavy atom. The third-order valence-electron chi connectivity index (χ3n) is 3.03. The van der Waals surface area contributed by atoms with Crippen LogP contribution >= 0.6 is 0 Å². The summed E-state index contributed by atoms with van der Waals surface area (Å²) >= 11 is 0. The summed E-state index contributed by atoms with van der Waals surface area (Å²) in [6, 6.07) is 0. The average Bonchev–Trinajstić information content (AvgIpc) is 2.98.